The van der Waals surface area contributed by atoms with E-state index < -0.39 is 0 Å². The Hall–Kier alpha value is -4.55. The SMILES string of the molecule is Brc1cc(-c2ccncc2)cc(-c2nc(-c3ccncc3)nc(-c3ccc(-c4ccccc4)cc3)n2)c1. The molecule has 3 aromatic carbocycles. The highest BCUT2D eigenvalue weighted by Gasteiger charge is 2.14. The van der Waals surface area contributed by atoms with E-state index in [0.29, 0.717) is 17.5 Å². The average Bonchev–Trinajstić information content (AvgIpc) is 2.98. The monoisotopic (exact) mass is 541 g/mol. The fourth-order valence-corrected chi connectivity index (χ4v) is 4.63. The maximum atomic E-state index is 4.91. The van der Waals surface area contributed by atoms with Gasteiger partial charge in [-0.25, -0.2) is 15.0 Å². The largest absolute Gasteiger partial charge is 0.265 e. The summed E-state index contributed by atoms with van der Waals surface area (Å²) in [5.74, 6) is 1.81. The molecule has 6 aromatic rings. The lowest BCUT2D eigenvalue weighted by atomic mass is 10.0. The van der Waals surface area contributed by atoms with Gasteiger partial charge >= 0.3 is 0 Å². The predicted octanol–water partition coefficient (Wildman–Crippen LogP) is 7.76. The normalized spacial score (nSPS) is 10.8. The lowest BCUT2D eigenvalue weighted by Gasteiger charge is -2.11. The van der Waals surface area contributed by atoms with Crippen LogP contribution in [-0.2, 0) is 0 Å². The molecule has 3 aromatic heterocycles. The van der Waals surface area contributed by atoms with Crippen LogP contribution < -0.4 is 0 Å². The predicted molar refractivity (Wildman–Crippen MR) is 150 cm³/mol. The van der Waals surface area contributed by atoms with Gasteiger partial charge in [0.25, 0.3) is 0 Å². The first-order chi connectivity index (χ1) is 18.2. The molecule has 0 radical (unpaired) electrons. The molecule has 37 heavy (non-hydrogen) atoms. The molecule has 3 heterocycles. The molecule has 0 aliphatic carbocycles. The third-order valence-electron chi connectivity index (χ3n) is 5.99. The molecular formula is C31H20BrN5. The van der Waals surface area contributed by atoms with E-state index in [1.54, 1.807) is 24.8 Å². The molecular weight excluding hydrogens is 522 g/mol. The van der Waals surface area contributed by atoms with Crippen LogP contribution >= 0.6 is 15.9 Å². The number of nitrogens with zero attached hydrogens (tertiary/aromatic N) is 5. The van der Waals surface area contributed by atoms with Crippen LogP contribution in [0, 0.1) is 0 Å². The summed E-state index contributed by atoms with van der Waals surface area (Å²) in [5, 5.41) is 0. The summed E-state index contributed by atoms with van der Waals surface area (Å²) in [6.45, 7) is 0. The van der Waals surface area contributed by atoms with Crippen LogP contribution in [0.15, 0.2) is 126 Å². The van der Waals surface area contributed by atoms with Crippen LogP contribution in [0.3, 0.4) is 0 Å². The van der Waals surface area contributed by atoms with Crippen molar-refractivity contribution in [2.24, 2.45) is 0 Å². The van der Waals surface area contributed by atoms with Crippen molar-refractivity contribution in [3.8, 4) is 56.4 Å². The molecule has 0 fully saturated rings. The summed E-state index contributed by atoms with van der Waals surface area (Å²) >= 11 is 3.67. The van der Waals surface area contributed by atoms with Gasteiger partial charge in [-0.15, -0.1) is 0 Å². The summed E-state index contributed by atoms with van der Waals surface area (Å²) in [6.07, 6.45) is 7.07. The molecule has 0 N–H and O–H groups in total. The standard InChI is InChI=1S/C31H20BrN5/c32-28-19-26(23-10-14-33-15-11-23)18-27(20-28)31-36-29(35-30(37-31)25-12-16-34-17-13-25)24-8-6-22(7-9-24)21-4-2-1-3-5-21/h1-20H. The molecule has 0 spiro atoms. The molecule has 5 nitrogen and oxygen atoms in total. The van der Waals surface area contributed by atoms with Gasteiger partial charge in [0, 0.05) is 46.0 Å². The molecule has 0 aliphatic heterocycles. The molecule has 0 saturated heterocycles. The molecule has 6 rings (SSSR count). The Morgan fingerprint density at radius 3 is 1.43 bits per heavy atom. The van der Waals surface area contributed by atoms with Crippen LogP contribution in [-0.4, -0.2) is 24.9 Å². The van der Waals surface area contributed by atoms with Crippen LogP contribution in [0.4, 0.5) is 0 Å². The minimum atomic E-state index is 0.597. The highest BCUT2D eigenvalue weighted by atomic mass is 79.9. The van der Waals surface area contributed by atoms with Crippen LogP contribution in [0.2, 0.25) is 0 Å². The Balaban J connectivity index is 1.47. The maximum absolute atomic E-state index is 4.91. The Morgan fingerprint density at radius 1 is 0.378 bits per heavy atom. The minimum absolute atomic E-state index is 0.597. The molecule has 0 aliphatic rings. The fraction of sp³-hybridized carbons (Fsp3) is 0. The number of hydrogen-bond donors (Lipinski definition) is 0. The topological polar surface area (TPSA) is 64.5 Å². The molecule has 0 unspecified atom stereocenters. The highest BCUT2D eigenvalue weighted by Crippen LogP contribution is 2.31. The van der Waals surface area contributed by atoms with Gasteiger partial charge in [0.05, 0.1) is 0 Å². The third-order valence-corrected chi connectivity index (χ3v) is 6.45. The molecule has 0 atom stereocenters. The average molecular weight is 542 g/mol. The van der Waals surface area contributed by atoms with E-state index in [1.807, 2.05) is 48.5 Å². The van der Waals surface area contributed by atoms with Crippen molar-refractivity contribution >= 4 is 15.9 Å². The van der Waals surface area contributed by atoms with E-state index in [-0.39, 0.29) is 0 Å². The second-order valence-electron chi connectivity index (χ2n) is 8.45. The number of benzene rings is 3. The van der Waals surface area contributed by atoms with E-state index >= 15 is 0 Å². The van der Waals surface area contributed by atoms with Crippen molar-refractivity contribution in [2.75, 3.05) is 0 Å². The fourth-order valence-electron chi connectivity index (χ4n) is 4.14. The summed E-state index contributed by atoms with van der Waals surface area (Å²) in [7, 11) is 0. The Kier molecular flexibility index (Phi) is 6.31. The van der Waals surface area contributed by atoms with Gasteiger partial charge in [0.2, 0.25) is 0 Å². The lowest BCUT2D eigenvalue weighted by Crippen LogP contribution is -2.00. The first-order valence-corrected chi connectivity index (χ1v) is 12.6. The lowest BCUT2D eigenvalue weighted by molar-refractivity contribution is 1.07. The van der Waals surface area contributed by atoms with Crippen molar-refractivity contribution in [1.82, 2.24) is 24.9 Å². The number of pyridine rings is 2. The van der Waals surface area contributed by atoms with Gasteiger partial charge in [-0.1, -0.05) is 70.5 Å². The summed E-state index contributed by atoms with van der Waals surface area (Å²) in [5.41, 5.74) is 7.11. The molecule has 0 saturated carbocycles. The van der Waals surface area contributed by atoms with Crippen molar-refractivity contribution in [1.29, 1.82) is 0 Å². The highest BCUT2D eigenvalue weighted by molar-refractivity contribution is 9.10. The Labute approximate surface area is 223 Å². The molecule has 0 amide bonds. The molecule has 6 heteroatoms. The van der Waals surface area contributed by atoms with Gasteiger partial charge < -0.3 is 0 Å². The zero-order chi connectivity index (χ0) is 25.0. The summed E-state index contributed by atoms with van der Waals surface area (Å²) in [6, 6.07) is 32.6. The summed E-state index contributed by atoms with van der Waals surface area (Å²) in [4.78, 5) is 22.9. The maximum Gasteiger partial charge on any atom is 0.164 e. The van der Waals surface area contributed by atoms with E-state index in [4.69, 9.17) is 15.0 Å². The van der Waals surface area contributed by atoms with Crippen molar-refractivity contribution < 1.29 is 0 Å². The molecule has 0 bridgehead atoms. The van der Waals surface area contributed by atoms with Crippen LogP contribution in [0.25, 0.3) is 56.4 Å². The Bertz CT molecular complexity index is 1660. The second kappa shape index (κ2) is 10.2. The number of hydrogen-bond acceptors (Lipinski definition) is 5. The quantitative estimate of drug-likeness (QED) is 0.223. The molecule has 176 valence electrons. The van der Waals surface area contributed by atoms with Gasteiger partial charge in [-0.05, 0) is 64.7 Å². The second-order valence-corrected chi connectivity index (χ2v) is 9.37. The van der Waals surface area contributed by atoms with E-state index in [2.05, 4.69) is 74.4 Å². The van der Waals surface area contributed by atoms with Gasteiger partial charge in [-0.3, -0.25) is 9.97 Å². The van der Waals surface area contributed by atoms with E-state index in [1.165, 1.54) is 5.56 Å². The van der Waals surface area contributed by atoms with Crippen molar-refractivity contribution in [3.63, 3.8) is 0 Å². The first-order valence-electron chi connectivity index (χ1n) is 11.8. The van der Waals surface area contributed by atoms with E-state index in [0.717, 1.165) is 37.9 Å². The van der Waals surface area contributed by atoms with Gasteiger partial charge in [0.1, 0.15) is 0 Å². The number of aromatic nitrogens is 5. The first kappa shape index (κ1) is 22.9. The van der Waals surface area contributed by atoms with E-state index in [9.17, 15) is 0 Å². The minimum Gasteiger partial charge on any atom is -0.265 e. The van der Waals surface area contributed by atoms with Gasteiger partial charge in [0.15, 0.2) is 17.5 Å². The zero-order valence-corrected chi connectivity index (χ0v) is 21.2. The van der Waals surface area contributed by atoms with Crippen molar-refractivity contribution in [3.05, 3.63) is 126 Å². The smallest absolute Gasteiger partial charge is 0.164 e. The third kappa shape index (κ3) is 5.06. The van der Waals surface area contributed by atoms with Gasteiger partial charge in [-0.2, -0.15) is 0 Å². The number of halogens is 1. The number of rotatable bonds is 5. The summed E-state index contributed by atoms with van der Waals surface area (Å²) < 4.78 is 0.941. The zero-order valence-electron chi connectivity index (χ0n) is 19.7. The van der Waals surface area contributed by atoms with Crippen LogP contribution in [0.1, 0.15) is 0 Å². The van der Waals surface area contributed by atoms with Crippen LogP contribution in [0.5, 0.6) is 0 Å². The Morgan fingerprint density at radius 2 is 0.811 bits per heavy atom. The van der Waals surface area contributed by atoms with Crippen molar-refractivity contribution in [2.45, 2.75) is 0 Å².